The smallest absolute Gasteiger partial charge is 0.328 e. The van der Waals surface area contributed by atoms with E-state index in [4.69, 9.17) is 10.8 Å². The topological polar surface area (TPSA) is 113 Å². The van der Waals surface area contributed by atoms with Gasteiger partial charge in [-0.3, -0.25) is 4.79 Å². The zero-order valence-corrected chi connectivity index (χ0v) is 10.5. The first-order valence-electron chi connectivity index (χ1n) is 5.76. The summed E-state index contributed by atoms with van der Waals surface area (Å²) in [5.74, 6) is -1.52. The molecule has 17 heavy (non-hydrogen) atoms. The lowest BCUT2D eigenvalue weighted by Gasteiger charge is -2.21. The van der Waals surface area contributed by atoms with Gasteiger partial charge in [-0.15, -0.1) is 0 Å². The second-order valence-corrected chi connectivity index (χ2v) is 4.42. The van der Waals surface area contributed by atoms with E-state index >= 15 is 0 Å². The van der Waals surface area contributed by atoms with Crippen LogP contribution in [-0.4, -0.2) is 40.3 Å². The molecule has 4 atom stereocenters. The van der Waals surface area contributed by atoms with Crippen LogP contribution >= 0.6 is 0 Å². The zero-order chi connectivity index (χ0) is 13.6. The van der Waals surface area contributed by atoms with Crippen molar-refractivity contribution in [1.29, 1.82) is 0 Å². The van der Waals surface area contributed by atoms with E-state index in [0.717, 1.165) is 6.42 Å². The molecule has 0 aliphatic carbocycles. The number of hydrogen-bond donors (Lipinski definition) is 4. The highest BCUT2D eigenvalue weighted by molar-refractivity contribution is 5.87. The largest absolute Gasteiger partial charge is 0.480 e. The first-order chi connectivity index (χ1) is 7.79. The first-order valence-corrected chi connectivity index (χ1v) is 5.76. The Hall–Kier alpha value is -1.14. The fourth-order valence-corrected chi connectivity index (χ4v) is 1.36. The predicted molar refractivity (Wildman–Crippen MR) is 63.3 cm³/mol. The Bertz CT molecular complexity index is 268. The molecule has 0 saturated carbocycles. The maximum absolute atomic E-state index is 11.6. The summed E-state index contributed by atoms with van der Waals surface area (Å²) in [4.78, 5) is 22.4. The third-order valence-electron chi connectivity index (χ3n) is 2.74. The lowest BCUT2D eigenvalue weighted by molar-refractivity contribution is -0.145. The number of aliphatic hydroxyl groups excluding tert-OH is 1. The molecule has 0 fully saturated rings. The highest BCUT2D eigenvalue weighted by Gasteiger charge is 2.27. The van der Waals surface area contributed by atoms with Crippen LogP contribution < -0.4 is 11.1 Å². The van der Waals surface area contributed by atoms with Gasteiger partial charge in [-0.25, -0.2) is 4.79 Å². The molecule has 100 valence electrons. The molecule has 0 bridgehead atoms. The minimum absolute atomic E-state index is 0.297. The summed E-state index contributed by atoms with van der Waals surface area (Å²) in [5, 5.41) is 20.2. The van der Waals surface area contributed by atoms with Crippen LogP contribution in [0.3, 0.4) is 0 Å². The summed E-state index contributed by atoms with van der Waals surface area (Å²) in [5.41, 5.74) is 5.66. The van der Waals surface area contributed by atoms with Crippen LogP contribution in [-0.2, 0) is 9.59 Å². The summed E-state index contributed by atoms with van der Waals surface area (Å²) < 4.78 is 0. The summed E-state index contributed by atoms with van der Waals surface area (Å²) >= 11 is 0. The number of carbonyl (C=O) groups excluding carboxylic acids is 1. The SMILES string of the molecule is CCC(C)C[C@H](N)C(=O)N[C@H](C(=O)O)[C@@H](C)O. The molecule has 5 N–H and O–H groups in total. The van der Waals surface area contributed by atoms with Crippen LogP contribution in [0.2, 0.25) is 0 Å². The van der Waals surface area contributed by atoms with Gasteiger partial charge in [0.25, 0.3) is 0 Å². The minimum atomic E-state index is -1.31. The van der Waals surface area contributed by atoms with E-state index in [-0.39, 0.29) is 0 Å². The van der Waals surface area contributed by atoms with Crippen LogP contribution in [0.1, 0.15) is 33.6 Å². The molecule has 0 aliphatic rings. The molecule has 1 unspecified atom stereocenters. The lowest BCUT2D eigenvalue weighted by atomic mass is 9.99. The van der Waals surface area contributed by atoms with Gasteiger partial charge in [-0.05, 0) is 19.3 Å². The minimum Gasteiger partial charge on any atom is -0.480 e. The molecule has 0 rings (SSSR count). The third kappa shape index (κ3) is 5.65. The maximum atomic E-state index is 11.6. The number of aliphatic hydroxyl groups is 1. The molecular weight excluding hydrogens is 224 g/mol. The number of amides is 1. The normalized spacial score (nSPS) is 17.9. The van der Waals surface area contributed by atoms with Crippen molar-refractivity contribution in [1.82, 2.24) is 5.32 Å². The molecular formula is C11H22N2O4. The Labute approximate surface area is 101 Å². The maximum Gasteiger partial charge on any atom is 0.328 e. The van der Waals surface area contributed by atoms with Crippen molar-refractivity contribution >= 4 is 11.9 Å². The van der Waals surface area contributed by atoms with Gasteiger partial charge in [0.15, 0.2) is 6.04 Å². The molecule has 0 radical (unpaired) electrons. The number of rotatable bonds is 7. The molecule has 0 aromatic heterocycles. The average Bonchev–Trinajstić information content (AvgIpc) is 2.23. The van der Waals surface area contributed by atoms with E-state index in [0.29, 0.717) is 12.3 Å². The van der Waals surface area contributed by atoms with Crippen LogP contribution in [0.25, 0.3) is 0 Å². The Balaban J connectivity index is 4.36. The molecule has 0 spiro atoms. The number of carboxylic acids is 1. The number of aliphatic carboxylic acids is 1. The molecule has 0 aromatic carbocycles. The number of carbonyl (C=O) groups is 2. The lowest BCUT2D eigenvalue weighted by Crippen LogP contribution is -2.52. The van der Waals surface area contributed by atoms with Gasteiger partial charge in [-0.2, -0.15) is 0 Å². The van der Waals surface area contributed by atoms with E-state index in [1.165, 1.54) is 6.92 Å². The van der Waals surface area contributed by atoms with Crippen LogP contribution in [0.5, 0.6) is 0 Å². The number of nitrogens with two attached hydrogens (primary N) is 1. The van der Waals surface area contributed by atoms with Gasteiger partial charge < -0.3 is 21.3 Å². The highest BCUT2D eigenvalue weighted by atomic mass is 16.4. The second kappa shape index (κ2) is 7.24. The van der Waals surface area contributed by atoms with Crippen LogP contribution in [0.4, 0.5) is 0 Å². The quantitative estimate of drug-likeness (QED) is 0.492. The van der Waals surface area contributed by atoms with Crippen molar-refractivity contribution in [3.63, 3.8) is 0 Å². The molecule has 0 saturated heterocycles. The van der Waals surface area contributed by atoms with Gasteiger partial charge >= 0.3 is 5.97 Å². The van der Waals surface area contributed by atoms with Crippen LogP contribution in [0, 0.1) is 5.92 Å². The van der Waals surface area contributed by atoms with Crippen molar-refractivity contribution < 1.29 is 19.8 Å². The first kappa shape index (κ1) is 15.9. The molecule has 1 amide bonds. The molecule has 0 heterocycles. The van der Waals surface area contributed by atoms with E-state index in [1.807, 2.05) is 13.8 Å². The molecule has 6 heteroatoms. The third-order valence-corrected chi connectivity index (χ3v) is 2.74. The van der Waals surface area contributed by atoms with Crippen LogP contribution in [0.15, 0.2) is 0 Å². The van der Waals surface area contributed by atoms with E-state index in [1.54, 1.807) is 0 Å². The van der Waals surface area contributed by atoms with E-state index < -0.39 is 30.1 Å². The van der Waals surface area contributed by atoms with Crippen molar-refractivity contribution in [3.8, 4) is 0 Å². The monoisotopic (exact) mass is 246 g/mol. The fraction of sp³-hybridized carbons (Fsp3) is 0.818. The van der Waals surface area contributed by atoms with Gasteiger partial charge in [0.05, 0.1) is 12.1 Å². The predicted octanol–water partition coefficient (Wildman–Crippen LogP) is -0.300. The van der Waals surface area contributed by atoms with Gasteiger partial charge in [0.1, 0.15) is 0 Å². The van der Waals surface area contributed by atoms with Gasteiger partial charge in [0.2, 0.25) is 5.91 Å². The van der Waals surface area contributed by atoms with Gasteiger partial charge in [-0.1, -0.05) is 20.3 Å². The number of hydrogen-bond acceptors (Lipinski definition) is 4. The summed E-state index contributed by atoms with van der Waals surface area (Å²) in [7, 11) is 0. The Morgan fingerprint density at radius 2 is 1.88 bits per heavy atom. The summed E-state index contributed by atoms with van der Waals surface area (Å²) in [6.45, 7) is 5.26. The van der Waals surface area contributed by atoms with E-state index in [2.05, 4.69) is 5.32 Å². The average molecular weight is 246 g/mol. The zero-order valence-electron chi connectivity index (χ0n) is 10.5. The summed E-state index contributed by atoms with van der Waals surface area (Å²) in [6.07, 6.45) is 0.237. The summed E-state index contributed by atoms with van der Waals surface area (Å²) in [6, 6.07) is -2.06. The molecule has 6 nitrogen and oxygen atoms in total. The Morgan fingerprint density at radius 3 is 2.24 bits per heavy atom. The Morgan fingerprint density at radius 1 is 1.35 bits per heavy atom. The second-order valence-electron chi connectivity index (χ2n) is 4.42. The molecule has 0 aromatic rings. The number of nitrogens with one attached hydrogen (secondary N) is 1. The molecule has 0 aliphatic heterocycles. The van der Waals surface area contributed by atoms with Crippen molar-refractivity contribution in [2.45, 2.75) is 51.8 Å². The van der Waals surface area contributed by atoms with Crippen molar-refractivity contribution in [3.05, 3.63) is 0 Å². The Kier molecular flexibility index (Phi) is 6.75. The van der Waals surface area contributed by atoms with Gasteiger partial charge in [0, 0.05) is 0 Å². The fourth-order valence-electron chi connectivity index (χ4n) is 1.36. The van der Waals surface area contributed by atoms with E-state index in [9.17, 15) is 14.7 Å². The number of carboxylic acid groups (broad SMARTS) is 1. The highest BCUT2D eigenvalue weighted by Crippen LogP contribution is 2.08. The van der Waals surface area contributed by atoms with Crippen molar-refractivity contribution in [2.75, 3.05) is 0 Å². The standard InChI is InChI=1S/C11H22N2O4/c1-4-6(2)5-8(12)10(15)13-9(7(3)14)11(16)17/h6-9,14H,4-5,12H2,1-3H3,(H,13,15)(H,16,17)/t6?,7-,8+,9+/m1/s1. The van der Waals surface area contributed by atoms with Crippen molar-refractivity contribution in [2.24, 2.45) is 11.7 Å².